The van der Waals surface area contributed by atoms with Crippen LogP contribution >= 0.6 is 11.6 Å². The molecule has 2 aromatic carbocycles. The summed E-state index contributed by atoms with van der Waals surface area (Å²) in [5, 5.41) is 6.46. The number of nitrogens with zero attached hydrogens (tertiary/aromatic N) is 1. The van der Waals surface area contributed by atoms with E-state index < -0.39 is 11.8 Å². The molecule has 0 aliphatic heterocycles. The molecule has 0 heterocycles. The zero-order chi connectivity index (χ0) is 16.7. The smallest absolute Gasteiger partial charge is 0.329 e. The van der Waals surface area contributed by atoms with E-state index in [0.717, 1.165) is 5.56 Å². The zero-order valence-electron chi connectivity index (χ0n) is 12.2. The van der Waals surface area contributed by atoms with E-state index in [1.54, 1.807) is 12.1 Å². The molecule has 2 rings (SSSR count). The third-order valence-electron chi connectivity index (χ3n) is 2.80. The lowest BCUT2D eigenvalue weighted by Crippen LogP contribution is -2.32. The lowest BCUT2D eigenvalue weighted by molar-refractivity contribution is -0.136. The molecule has 118 valence electrons. The predicted molar refractivity (Wildman–Crippen MR) is 88.8 cm³/mol. The molecule has 0 saturated heterocycles. The molecule has 23 heavy (non-hydrogen) atoms. The topological polar surface area (TPSA) is 79.8 Å². The Labute approximate surface area is 138 Å². The molecule has 2 N–H and O–H groups in total. The van der Waals surface area contributed by atoms with Gasteiger partial charge in [-0.15, -0.1) is 0 Å². The first-order valence-electron chi connectivity index (χ1n) is 6.63. The Bertz CT molecular complexity index is 733. The van der Waals surface area contributed by atoms with E-state index >= 15 is 0 Å². The Balaban J connectivity index is 1.91. The number of hydrogen-bond acceptors (Lipinski definition) is 4. The second kappa shape index (κ2) is 7.95. The van der Waals surface area contributed by atoms with Gasteiger partial charge in [0.1, 0.15) is 5.75 Å². The number of methoxy groups -OCH3 is 1. The molecular formula is C16H14ClN3O3. The molecule has 0 atom stereocenters. The van der Waals surface area contributed by atoms with Crippen molar-refractivity contribution in [2.45, 2.75) is 0 Å². The lowest BCUT2D eigenvalue weighted by Gasteiger charge is -2.07. The molecule has 7 heteroatoms. The van der Waals surface area contributed by atoms with Gasteiger partial charge >= 0.3 is 11.8 Å². The summed E-state index contributed by atoms with van der Waals surface area (Å²) >= 11 is 5.94. The Morgan fingerprint density at radius 1 is 1.13 bits per heavy atom. The Kier molecular flexibility index (Phi) is 5.71. The minimum Gasteiger partial charge on any atom is -0.495 e. The van der Waals surface area contributed by atoms with Crippen LogP contribution in [0.15, 0.2) is 53.6 Å². The highest BCUT2D eigenvalue weighted by Gasteiger charge is 2.13. The fourth-order valence-corrected chi connectivity index (χ4v) is 1.95. The van der Waals surface area contributed by atoms with Crippen LogP contribution in [0.25, 0.3) is 0 Å². The fraction of sp³-hybridized carbons (Fsp3) is 0.0625. The quantitative estimate of drug-likeness (QED) is 0.513. The summed E-state index contributed by atoms with van der Waals surface area (Å²) in [7, 11) is 1.48. The average molecular weight is 332 g/mol. The number of nitrogens with one attached hydrogen (secondary N) is 2. The summed E-state index contributed by atoms with van der Waals surface area (Å²) in [4.78, 5) is 23.4. The van der Waals surface area contributed by atoms with Gasteiger partial charge in [0.2, 0.25) is 0 Å². The SMILES string of the molecule is COc1ccc(NC(=O)C(=O)N/N=C\c2ccccc2)cc1Cl. The third-order valence-corrected chi connectivity index (χ3v) is 3.09. The number of hydrogen-bond donors (Lipinski definition) is 2. The zero-order valence-corrected chi connectivity index (χ0v) is 13.0. The molecule has 0 radical (unpaired) electrons. The van der Waals surface area contributed by atoms with Crippen LogP contribution in [0, 0.1) is 0 Å². The van der Waals surface area contributed by atoms with Gasteiger partial charge in [-0.3, -0.25) is 9.59 Å². The van der Waals surface area contributed by atoms with Crippen molar-refractivity contribution in [3.63, 3.8) is 0 Å². The minimum absolute atomic E-state index is 0.327. The standard InChI is InChI=1S/C16H14ClN3O3/c1-23-14-8-7-12(9-13(14)17)19-15(21)16(22)20-18-10-11-5-3-2-4-6-11/h2-10H,1H3,(H,19,21)(H,20,22)/b18-10-. The number of amides is 2. The van der Waals surface area contributed by atoms with Crippen LogP contribution < -0.4 is 15.5 Å². The van der Waals surface area contributed by atoms with Crippen LogP contribution in [0.2, 0.25) is 5.02 Å². The Morgan fingerprint density at radius 3 is 2.52 bits per heavy atom. The van der Waals surface area contributed by atoms with Gasteiger partial charge < -0.3 is 10.1 Å². The molecule has 2 amide bonds. The van der Waals surface area contributed by atoms with Crippen LogP contribution in [0.4, 0.5) is 5.69 Å². The minimum atomic E-state index is -0.885. The van der Waals surface area contributed by atoms with Gasteiger partial charge in [-0.2, -0.15) is 5.10 Å². The van der Waals surface area contributed by atoms with E-state index in [0.29, 0.717) is 16.5 Å². The van der Waals surface area contributed by atoms with Crippen molar-refractivity contribution in [1.29, 1.82) is 0 Å². The molecular weight excluding hydrogens is 318 g/mol. The number of halogens is 1. The van der Waals surface area contributed by atoms with Gasteiger partial charge in [-0.1, -0.05) is 41.9 Å². The first-order chi connectivity index (χ1) is 11.1. The molecule has 0 bridgehead atoms. The summed E-state index contributed by atoms with van der Waals surface area (Å²) in [5.74, 6) is -1.26. The summed E-state index contributed by atoms with van der Waals surface area (Å²) < 4.78 is 5.00. The van der Waals surface area contributed by atoms with E-state index in [1.807, 2.05) is 30.3 Å². The van der Waals surface area contributed by atoms with E-state index in [4.69, 9.17) is 16.3 Å². The molecule has 6 nitrogen and oxygen atoms in total. The van der Waals surface area contributed by atoms with Crippen molar-refractivity contribution >= 4 is 35.3 Å². The molecule has 0 spiro atoms. The summed E-state index contributed by atoms with van der Waals surface area (Å²) in [5.41, 5.74) is 3.33. The van der Waals surface area contributed by atoms with Gasteiger partial charge in [-0.25, -0.2) is 5.43 Å². The number of benzene rings is 2. The Hall–Kier alpha value is -2.86. The number of ether oxygens (including phenoxy) is 1. The van der Waals surface area contributed by atoms with E-state index in [2.05, 4.69) is 15.8 Å². The highest BCUT2D eigenvalue weighted by Crippen LogP contribution is 2.27. The maximum absolute atomic E-state index is 11.7. The van der Waals surface area contributed by atoms with Crippen molar-refractivity contribution in [2.75, 3.05) is 12.4 Å². The molecule has 0 saturated carbocycles. The Morgan fingerprint density at radius 2 is 1.87 bits per heavy atom. The largest absolute Gasteiger partial charge is 0.495 e. The second-order valence-electron chi connectivity index (χ2n) is 4.41. The predicted octanol–water partition coefficient (Wildman–Crippen LogP) is 2.44. The van der Waals surface area contributed by atoms with Gasteiger partial charge in [0.05, 0.1) is 18.3 Å². The number of rotatable bonds is 4. The van der Waals surface area contributed by atoms with Gasteiger partial charge in [-0.05, 0) is 23.8 Å². The number of anilines is 1. The highest BCUT2D eigenvalue weighted by molar-refractivity contribution is 6.40. The maximum Gasteiger partial charge on any atom is 0.329 e. The van der Waals surface area contributed by atoms with E-state index in [1.165, 1.54) is 19.4 Å². The molecule has 0 aliphatic rings. The van der Waals surface area contributed by atoms with Gasteiger partial charge in [0.15, 0.2) is 0 Å². The van der Waals surface area contributed by atoms with E-state index in [-0.39, 0.29) is 0 Å². The first kappa shape index (κ1) is 16.5. The molecule has 2 aromatic rings. The van der Waals surface area contributed by atoms with Crippen LogP contribution in [-0.4, -0.2) is 25.1 Å². The molecule has 0 unspecified atom stereocenters. The fourth-order valence-electron chi connectivity index (χ4n) is 1.69. The van der Waals surface area contributed by atoms with E-state index in [9.17, 15) is 9.59 Å². The second-order valence-corrected chi connectivity index (χ2v) is 4.82. The van der Waals surface area contributed by atoms with Gasteiger partial charge in [0.25, 0.3) is 0 Å². The monoisotopic (exact) mass is 331 g/mol. The summed E-state index contributed by atoms with van der Waals surface area (Å²) in [6.45, 7) is 0. The average Bonchev–Trinajstić information content (AvgIpc) is 2.56. The van der Waals surface area contributed by atoms with Crippen molar-refractivity contribution in [1.82, 2.24) is 5.43 Å². The first-order valence-corrected chi connectivity index (χ1v) is 7.01. The van der Waals surface area contributed by atoms with Crippen LogP contribution in [0.5, 0.6) is 5.75 Å². The summed E-state index contributed by atoms with van der Waals surface area (Å²) in [6.07, 6.45) is 1.44. The number of carbonyl (C=O) groups excluding carboxylic acids is 2. The lowest BCUT2D eigenvalue weighted by atomic mass is 10.2. The summed E-state index contributed by atoms with van der Waals surface area (Å²) in [6, 6.07) is 13.8. The van der Waals surface area contributed by atoms with Crippen LogP contribution in [-0.2, 0) is 9.59 Å². The molecule has 0 aromatic heterocycles. The van der Waals surface area contributed by atoms with Gasteiger partial charge in [0, 0.05) is 5.69 Å². The van der Waals surface area contributed by atoms with Crippen LogP contribution in [0.1, 0.15) is 5.56 Å². The van der Waals surface area contributed by atoms with Crippen LogP contribution in [0.3, 0.4) is 0 Å². The van der Waals surface area contributed by atoms with Crippen molar-refractivity contribution < 1.29 is 14.3 Å². The number of hydrazone groups is 1. The molecule has 0 fully saturated rings. The van der Waals surface area contributed by atoms with Crippen molar-refractivity contribution in [3.05, 3.63) is 59.1 Å². The normalized spacial score (nSPS) is 10.3. The highest BCUT2D eigenvalue weighted by atomic mass is 35.5. The molecule has 0 aliphatic carbocycles. The maximum atomic E-state index is 11.7. The van der Waals surface area contributed by atoms with Crippen molar-refractivity contribution in [2.24, 2.45) is 5.10 Å². The van der Waals surface area contributed by atoms with Crippen molar-refractivity contribution in [3.8, 4) is 5.75 Å². The number of carbonyl (C=O) groups is 2. The third kappa shape index (κ3) is 4.82.